The number of benzene rings is 1. The molecular formula is C37H46O10. The van der Waals surface area contributed by atoms with Gasteiger partial charge in [0, 0.05) is 51.0 Å². The predicted octanol–water partition coefficient (Wildman–Crippen LogP) is 5.69. The van der Waals surface area contributed by atoms with Crippen LogP contribution in [0.2, 0.25) is 0 Å². The number of carbonyl (C=O) groups is 5. The van der Waals surface area contributed by atoms with Crippen molar-refractivity contribution in [3.63, 3.8) is 0 Å². The van der Waals surface area contributed by atoms with E-state index in [9.17, 15) is 24.0 Å². The molecule has 0 aromatic heterocycles. The minimum atomic E-state index is -1.06. The molecule has 0 heterocycles. The van der Waals surface area contributed by atoms with Crippen molar-refractivity contribution in [3.05, 3.63) is 65.3 Å². The number of esters is 5. The lowest BCUT2D eigenvalue weighted by atomic mass is 9.49. The van der Waals surface area contributed by atoms with Crippen LogP contribution in [-0.2, 0) is 47.7 Å². The van der Waals surface area contributed by atoms with Gasteiger partial charge in [0.2, 0.25) is 0 Å². The quantitative estimate of drug-likeness (QED) is 0.157. The Balaban J connectivity index is 1.90. The van der Waals surface area contributed by atoms with E-state index in [1.165, 1.54) is 33.8 Å². The average molecular weight is 651 g/mol. The van der Waals surface area contributed by atoms with Gasteiger partial charge < -0.3 is 23.7 Å². The van der Waals surface area contributed by atoms with Gasteiger partial charge in [-0.25, -0.2) is 4.79 Å². The van der Waals surface area contributed by atoms with Crippen LogP contribution in [0.25, 0.3) is 6.08 Å². The van der Waals surface area contributed by atoms with Gasteiger partial charge in [-0.05, 0) is 60.0 Å². The van der Waals surface area contributed by atoms with Gasteiger partial charge in [-0.1, -0.05) is 57.7 Å². The molecule has 0 amide bonds. The fraction of sp³-hybridized carbons (Fsp3) is 0.541. The highest BCUT2D eigenvalue weighted by atomic mass is 16.6. The monoisotopic (exact) mass is 650 g/mol. The summed E-state index contributed by atoms with van der Waals surface area (Å²) >= 11 is 0. The molecule has 0 spiro atoms. The van der Waals surface area contributed by atoms with E-state index in [2.05, 4.69) is 6.58 Å². The van der Waals surface area contributed by atoms with Crippen molar-refractivity contribution >= 4 is 35.9 Å². The third-order valence-electron chi connectivity index (χ3n) is 10.1. The summed E-state index contributed by atoms with van der Waals surface area (Å²) in [6.45, 7) is 17.3. The standard InChI is InChI=1S/C37H46O10/c1-20-28(47-30(42)16-15-26-13-11-10-12-14-26)17-18-37(9)32(20)33(44-23(4)39)27-19-29(43-22(3)38)21(2)31(36(27,7)8)34(45-24(5)40)35(37)46-25(6)41/h10-16,27-29,32-35H,1,17-19H2,2-9H3/t27-,28-,29-,32+,33+,34+,35+,37+/m1/s1. The zero-order chi connectivity index (χ0) is 34.8. The molecule has 0 saturated heterocycles. The van der Waals surface area contributed by atoms with Crippen LogP contribution in [0.15, 0.2) is 59.7 Å². The van der Waals surface area contributed by atoms with Crippen LogP contribution in [0.5, 0.6) is 0 Å². The highest BCUT2D eigenvalue weighted by Gasteiger charge is 2.64. The Morgan fingerprint density at radius 1 is 0.809 bits per heavy atom. The first-order valence-corrected chi connectivity index (χ1v) is 16.0. The first-order chi connectivity index (χ1) is 22.0. The predicted molar refractivity (Wildman–Crippen MR) is 172 cm³/mol. The van der Waals surface area contributed by atoms with E-state index in [4.69, 9.17) is 23.7 Å². The van der Waals surface area contributed by atoms with Gasteiger partial charge in [0.25, 0.3) is 0 Å². The minimum Gasteiger partial charge on any atom is -0.462 e. The molecule has 2 fully saturated rings. The lowest BCUT2D eigenvalue weighted by Crippen LogP contribution is -2.64. The summed E-state index contributed by atoms with van der Waals surface area (Å²) in [6, 6.07) is 9.33. The topological polar surface area (TPSA) is 132 Å². The second kappa shape index (κ2) is 13.9. The van der Waals surface area contributed by atoms with Crippen LogP contribution < -0.4 is 0 Å². The van der Waals surface area contributed by atoms with Crippen molar-refractivity contribution in [1.82, 2.24) is 0 Å². The normalized spacial score (nSPS) is 31.5. The molecule has 0 unspecified atom stereocenters. The van der Waals surface area contributed by atoms with Crippen molar-refractivity contribution in [2.45, 2.75) is 105 Å². The lowest BCUT2D eigenvalue weighted by molar-refractivity contribution is -0.204. The van der Waals surface area contributed by atoms with E-state index in [0.717, 1.165) is 5.56 Å². The molecule has 47 heavy (non-hydrogen) atoms. The van der Waals surface area contributed by atoms with Crippen LogP contribution in [0, 0.1) is 22.7 Å². The van der Waals surface area contributed by atoms with Gasteiger partial charge in [-0.15, -0.1) is 0 Å². The first kappa shape index (κ1) is 35.6. The zero-order valence-corrected chi connectivity index (χ0v) is 28.5. The number of rotatable bonds is 7. The maximum atomic E-state index is 13.1. The molecule has 2 bridgehead atoms. The Labute approximate surface area is 276 Å². The number of hydrogen-bond acceptors (Lipinski definition) is 10. The van der Waals surface area contributed by atoms with Crippen molar-refractivity contribution < 1.29 is 47.7 Å². The Morgan fingerprint density at radius 3 is 1.98 bits per heavy atom. The molecule has 3 aliphatic rings. The molecule has 0 radical (unpaired) electrons. The van der Waals surface area contributed by atoms with Crippen molar-refractivity contribution in [2.75, 3.05) is 0 Å². The Morgan fingerprint density at radius 2 is 1.40 bits per heavy atom. The molecular weight excluding hydrogens is 604 g/mol. The van der Waals surface area contributed by atoms with E-state index in [-0.39, 0.29) is 0 Å². The van der Waals surface area contributed by atoms with E-state index in [1.807, 2.05) is 58.0 Å². The van der Waals surface area contributed by atoms with Crippen molar-refractivity contribution in [1.29, 1.82) is 0 Å². The molecule has 3 aliphatic carbocycles. The smallest absolute Gasteiger partial charge is 0.331 e. The van der Waals surface area contributed by atoms with E-state index in [1.54, 1.807) is 6.08 Å². The zero-order valence-electron chi connectivity index (χ0n) is 28.5. The summed E-state index contributed by atoms with van der Waals surface area (Å²) in [4.78, 5) is 63.7. The SMILES string of the molecule is C=C1[C@H](OC(=O)C=Cc2ccccc2)CC[C@]2(C)[C@@H](OC(C)=O)[C@@H](OC(C)=O)C3=C(C)[C@H](OC(C)=O)C[C@H]([C@H](OC(C)=O)[C@H]12)C3(C)C. The minimum absolute atomic E-state index is 0.301. The summed E-state index contributed by atoms with van der Waals surface area (Å²) < 4.78 is 30.1. The summed E-state index contributed by atoms with van der Waals surface area (Å²) in [5.74, 6) is -3.98. The largest absolute Gasteiger partial charge is 0.462 e. The molecule has 1 aromatic rings. The summed E-state index contributed by atoms with van der Waals surface area (Å²) in [7, 11) is 0. The first-order valence-electron chi connectivity index (χ1n) is 16.0. The van der Waals surface area contributed by atoms with Gasteiger partial charge in [-0.3, -0.25) is 19.2 Å². The number of carbonyl (C=O) groups excluding carboxylic acids is 5. The van der Waals surface area contributed by atoms with Crippen molar-refractivity contribution in [2.24, 2.45) is 22.7 Å². The third-order valence-corrected chi connectivity index (χ3v) is 10.1. The summed E-state index contributed by atoms with van der Waals surface area (Å²) in [6.07, 6.45) is -0.472. The van der Waals surface area contributed by atoms with Crippen LogP contribution in [0.4, 0.5) is 0 Å². The number of hydrogen-bond donors (Lipinski definition) is 0. The van der Waals surface area contributed by atoms with Gasteiger partial charge in [-0.2, -0.15) is 0 Å². The lowest BCUT2D eigenvalue weighted by Gasteiger charge is -2.60. The molecule has 254 valence electrons. The molecule has 4 rings (SSSR count). The Bertz CT molecular complexity index is 1490. The molecule has 1 aromatic carbocycles. The molecule has 10 nitrogen and oxygen atoms in total. The maximum Gasteiger partial charge on any atom is 0.331 e. The van der Waals surface area contributed by atoms with Crippen LogP contribution >= 0.6 is 0 Å². The van der Waals surface area contributed by atoms with Gasteiger partial charge >= 0.3 is 29.8 Å². The molecule has 0 aliphatic heterocycles. The average Bonchev–Trinajstić information content (AvgIpc) is 2.96. The molecule has 10 heteroatoms. The molecule has 2 saturated carbocycles. The van der Waals surface area contributed by atoms with Crippen LogP contribution in [0.3, 0.4) is 0 Å². The summed E-state index contributed by atoms with van der Waals surface area (Å²) in [5, 5.41) is 0. The van der Waals surface area contributed by atoms with E-state index in [0.29, 0.717) is 36.0 Å². The third kappa shape index (κ3) is 7.36. The molecule has 8 atom stereocenters. The maximum absolute atomic E-state index is 13.1. The highest BCUT2D eigenvalue weighted by molar-refractivity contribution is 5.87. The fourth-order valence-corrected chi connectivity index (χ4v) is 8.16. The fourth-order valence-electron chi connectivity index (χ4n) is 8.16. The summed E-state index contributed by atoms with van der Waals surface area (Å²) in [5.41, 5.74) is 0.822. The van der Waals surface area contributed by atoms with Gasteiger partial charge in [0.1, 0.15) is 24.4 Å². The number of fused-ring (bicyclic) bond motifs is 3. The van der Waals surface area contributed by atoms with Gasteiger partial charge in [0.05, 0.1) is 0 Å². The van der Waals surface area contributed by atoms with Gasteiger partial charge in [0.15, 0.2) is 6.10 Å². The van der Waals surface area contributed by atoms with E-state index >= 15 is 0 Å². The van der Waals surface area contributed by atoms with Crippen LogP contribution in [0.1, 0.15) is 80.2 Å². The number of ether oxygens (including phenoxy) is 5. The second-order valence-electron chi connectivity index (χ2n) is 13.7. The Hall–Kier alpha value is -4.21. The highest BCUT2D eigenvalue weighted by Crippen LogP contribution is 2.61. The van der Waals surface area contributed by atoms with E-state index < -0.39 is 83.0 Å². The Kier molecular flexibility index (Phi) is 10.5. The second-order valence-corrected chi connectivity index (χ2v) is 13.7. The molecule has 0 N–H and O–H groups in total. The van der Waals surface area contributed by atoms with Crippen molar-refractivity contribution in [3.8, 4) is 0 Å². The van der Waals surface area contributed by atoms with Crippen LogP contribution in [-0.4, -0.2) is 60.4 Å².